The maximum Gasteiger partial charge on any atom is 0.220 e. The van der Waals surface area contributed by atoms with E-state index in [0.29, 0.717) is 59.0 Å². The van der Waals surface area contributed by atoms with Gasteiger partial charge in [0.2, 0.25) is 5.91 Å². The maximum absolute atomic E-state index is 11.6. The summed E-state index contributed by atoms with van der Waals surface area (Å²) in [4.78, 5) is 11.6. The summed E-state index contributed by atoms with van der Waals surface area (Å²) in [5.41, 5.74) is 4.70. The molecule has 9 nitrogen and oxygen atoms in total. The molecule has 9 heteroatoms. The predicted molar refractivity (Wildman–Crippen MR) is 87.7 cm³/mol. The third-order valence-electron chi connectivity index (χ3n) is 3.02. The van der Waals surface area contributed by atoms with Crippen LogP contribution in [0.2, 0.25) is 0 Å². The van der Waals surface area contributed by atoms with Crippen LogP contribution in [0.1, 0.15) is 26.7 Å². The van der Waals surface area contributed by atoms with Gasteiger partial charge in [-0.1, -0.05) is 6.92 Å². The molecule has 0 bridgehead atoms. The highest BCUT2D eigenvalue weighted by Gasteiger charge is 2.10. The van der Waals surface area contributed by atoms with E-state index in [1.807, 2.05) is 13.8 Å². The van der Waals surface area contributed by atoms with Crippen molar-refractivity contribution >= 4 is 11.7 Å². The molecule has 0 unspecified atom stereocenters. The summed E-state index contributed by atoms with van der Waals surface area (Å²) in [7, 11) is 0. The number of carbonyl (C=O) groups is 1. The molecule has 1 amide bonds. The fraction of sp³-hybridized carbons (Fsp3) is 0.857. The zero-order chi connectivity index (χ0) is 17.3. The van der Waals surface area contributed by atoms with E-state index < -0.39 is 0 Å². The van der Waals surface area contributed by atoms with E-state index in [1.54, 1.807) is 0 Å². The number of nitrogens with one attached hydrogen (secondary N) is 4. The van der Waals surface area contributed by atoms with Crippen molar-refractivity contribution in [2.75, 3.05) is 46.2 Å². The van der Waals surface area contributed by atoms with Gasteiger partial charge in [0.25, 0.3) is 0 Å². The Labute approximate surface area is 138 Å². The van der Waals surface area contributed by atoms with Crippen molar-refractivity contribution in [3.8, 4) is 0 Å². The molecule has 136 valence electrons. The molecule has 0 aliphatic rings. The summed E-state index contributed by atoms with van der Waals surface area (Å²) in [5, 5.41) is 10.4. The van der Waals surface area contributed by atoms with Crippen LogP contribution in [0.25, 0.3) is 0 Å². The number of hydrogen-bond donors (Lipinski definition) is 5. The van der Waals surface area contributed by atoms with Crippen LogP contribution >= 0.6 is 0 Å². The van der Waals surface area contributed by atoms with Gasteiger partial charge in [0.1, 0.15) is 5.84 Å². The zero-order valence-corrected chi connectivity index (χ0v) is 14.2. The highest BCUT2D eigenvalue weighted by atomic mass is 16.5. The van der Waals surface area contributed by atoms with Crippen LogP contribution in [-0.2, 0) is 19.0 Å². The van der Waals surface area contributed by atoms with Gasteiger partial charge in [-0.25, -0.2) is 0 Å². The lowest BCUT2D eigenvalue weighted by molar-refractivity contribution is -0.121. The number of amidine groups is 1. The Bertz CT molecular complexity index is 318. The van der Waals surface area contributed by atoms with Crippen LogP contribution in [-0.4, -0.2) is 57.9 Å². The lowest BCUT2D eigenvalue weighted by atomic mass is 10.0. The molecule has 0 aromatic carbocycles. The molecule has 1 atom stereocenters. The molecular formula is C14H31N5O4. The molecule has 0 saturated heterocycles. The lowest BCUT2D eigenvalue weighted by Gasteiger charge is -2.13. The van der Waals surface area contributed by atoms with Gasteiger partial charge in [-0.15, -0.1) is 0 Å². The van der Waals surface area contributed by atoms with Crippen LogP contribution in [0.15, 0.2) is 0 Å². The Morgan fingerprint density at radius 1 is 1.13 bits per heavy atom. The van der Waals surface area contributed by atoms with Crippen molar-refractivity contribution in [3.05, 3.63) is 0 Å². The van der Waals surface area contributed by atoms with E-state index in [4.69, 9.17) is 25.5 Å². The molecule has 0 aromatic heterocycles. The van der Waals surface area contributed by atoms with E-state index >= 15 is 0 Å². The van der Waals surface area contributed by atoms with Gasteiger partial charge in [-0.05, 0) is 13.3 Å². The van der Waals surface area contributed by atoms with Crippen molar-refractivity contribution < 1.29 is 19.0 Å². The second-order valence-electron chi connectivity index (χ2n) is 4.89. The average molecular weight is 333 g/mol. The van der Waals surface area contributed by atoms with Crippen LogP contribution in [0.4, 0.5) is 0 Å². The fourth-order valence-corrected chi connectivity index (χ4v) is 1.63. The quantitative estimate of drug-likeness (QED) is 0.0900. The third kappa shape index (κ3) is 14.1. The Balaban J connectivity index is 3.38. The molecular weight excluding hydrogens is 302 g/mol. The summed E-state index contributed by atoms with van der Waals surface area (Å²) in [6, 6.07) is 0. The first-order valence-electron chi connectivity index (χ1n) is 7.91. The summed E-state index contributed by atoms with van der Waals surface area (Å²) >= 11 is 0. The number of hydrogen-bond acceptors (Lipinski definition) is 7. The Morgan fingerprint density at radius 2 is 1.74 bits per heavy atom. The monoisotopic (exact) mass is 333 g/mol. The predicted octanol–water partition coefficient (Wildman–Crippen LogP) is -0.466. The van der Waals surface area contributed by atoms with Crippen molar-refractivity contribution in [1.29, 1.82) is 5.41 Å². The number of carbonyl (C=O) groups excluding carboxylic acids is 1. The SMILES string of the molecule is CCOCCOCCOCCNC(=O)CC[C@H](C)C(=N)NNN. The standard InChI is InChI=1S/C14H31N5O4/c1-3-21-8-9-23-11-10-22-7-6-17-13(20)5-4-12(2)14(15)18-19-16/h12,19H,3-11,16H2,1-2H3,(H2,15,18)(H,17,20)/t12-/m0/s1. The van der Waals surface area contributed by atoms with Crippen LogP contribution in [0, 0.1) is 11.3 Å². The molecule has 0 rings (SSSR count). The number of rotatable bonds is 15. The van der Waals surface area contributed by atoms with E-state index in [2.05, 4.69) is 16.3 Å². The van der Waals surface area contributed by atoms with Gasteiger partial charge < -0.3 is 19.5 Å². The van der Waals surface area contributed by atoms with E-state index in [9.17, 15) is 4.79 Å². The third-order valence-corrected chi connectivity index (χ3v) is 3.02. The minimum Gasteiger partial charge on any atom is -0.379 e. The molecule has 0 aliphatic heterocycles. The molecule has 0 radical (unpaired) electrons. The fourth-order valence-electron chi connectivity index (χ4n) is 1.63. The van der Waals surface area contributed by atoms with Crippen molar-refractivity contribution in [2.45, 2.75) is 26.7 Å². The second kappa shape index (κ2) is 15.6. The molecule has 0 aromatic rings. The van der Waals surface area contributed by atoms with Gasteiger partial charge in [0.15, 0.2) is 0 Å². The molecule has 0 fully saturated rings. The highest BCUT2D eigenvalue weighted by Crippen LogP contribution is 2.05. The Hall–Kier alpha value is -1.26. The molecule has 23 heavy (non-hydrogen) atoms. The Morgan fingerprint density at radius 3 is 2.35 bits per heavy atom. The van der Waals surface area contributed by atoms with E-state index in [1.165, 1.54) is 0 Å². The minimum atomic E-state index is -0.0677. The van der Waals surface area contributed by atoms with Crippen molar-refractivity contribution in [1.82, 2.24) is 16.3 Å². The topological polar surface area (TPSA) is 131 Å². The summed E-state index contributed by atoms with van der Waals surface area (Å²) in [6.45, 7) is 7.58. The second-order valence-corrected chi connectivity index (χ2v) is 4.89. The van der Waals surface area contributed by atoms with Crippen molar-refractivity contribution in [3.63, 3.8) is 0 Å². The van der Waals surface area contributed by atoms with Crippen LogP contribution in [0.3, 0.4) is 0 Å². The molecule has 0 saturated carbocycles. The van der Waals surface area contributed by atoms with Gasteiger partial charge in [-0.3, -0.25) is 21.5 Å². The molecule has 0 heterocycles. The summed E-state index contributed by atoms with van der Waals surface area (Å²) in [6.07, 6.45) is 0.935. The van der Waals surface area contributed by atoms with E-state index in [-0.39, 0.29) is 17.7 Å². The smallest absolute Gasteiger partial charge is 0.220 e. The van der Waals surface area contributed by atoms with Crippen LogP contribution < -0.4 is 22.1 Å². The number of ether oxygens (including phenoxy) is 3. The van der Waals surface area contributed by atoms with Gasteiger partial charge in [0.05, 0.1) is 33.0 Å². The largest absolute Gasteiger partial charge is 0.379 e. The normalized spacial score (nSPS) is 12.0. The Kier molecular flexibility index (Phi) is 14.8. The summed E-state index contributed by atoms with van der Waals surface area (Å²) in [5.74, 6) is 5.19. The first-order valence-corrected chi connectivity index (χ1v) is 7.91. The molecule has 6 N–H and O–H groups in total. The van der Waals surface area contributed by atoms with Gasteiger partial charge in [-0.2, -0.15) is 5.53 Å². The average Bonchev–Trinajstić information content (AvgIpc) is 2.54. The highest BCUT2D eigenvalue weighted by molar-refractivity contribution is 5.82. The maximum atomic E-state index is 11.6. The zero-order valence-electron chi connectivity index (χ0n) is 14.2. The minimum absolute atomic E-state index is 0.0538. The van der Waals surface area contributed by atoms with E-state index in [0.717, 1.165) is 0 Å². The first-order chi connectivity index (χ1) is 11.1. The number of amides is 1. The van der Waals surface area contributed by atoms with Gasteiger partial charge in [0, 0.05) is 25.5 Å². The molecule has 0 aliphatic carbocycles. The summed E-state index contributed by atoms with van der Waals surface area (Å²) < 4.78 is 15.8. The number of nitrogens with two attached hydrogens (primary N) is 1. The van der Waals surface area contributed by atoms with Crippen LogP contribution in [0.5, 0.6) is 0 Å². The number of hydrazine groups is 2. The van der Waals surface area contributed by atoms with Gasteiger partial charge >= 0.3 is 0 Å². The lowest BCUT2D eigenvalue weighted by Crippen LogP contribution is -2.44. The first kappa shape index (κ1) is 21.7. The van der Waals surface area contributed by atoms with Crippen molar-refractivity contribution in [2.24, 2.45) is 11.8 Å². The molecule has 0 spiro atoms.